The second kappa shape index (κ2) is 6.52. The van der Waals surface area contributed by atoms with E-state index in [9.17, 15) is 9.18 Å². The molecule has 2 aromatic rings. The van der Waals surface area contributed by atoms with Crippen molar-refractivity contribution in [1.82, 2.24) is 0 Å². The molecular formula is C19H24FNOS. The smallest absolute Gasteiger partial charge is 0.170 e. The summed E-state index contributed by atoms with van der Waals surface area (Å²) in [5.41, 5.74) is 0.102. The van der Waals surface area contributed by atoms with Crippen molar-refractivity contribution in [2.45, 2.75) is 47.0 Å². The van der Waals surface area contributed by atoms with Crippen molar-refractivity contribution in [2.24, 2.45) is 10.8 Å². The topological polar surface area (TPSA) is 40.9 Å². The van der Waals surface area contributed by atoms with Crippen LogP contribution in [0.3, 0.4) is 0 Å². The van der Waals surface area contributed by atoms with Gasteiger partial charge in [0.25, 0.3) is 0 Å². The Hall–Kier alpha value is -1.55. The van der Waals surface area contributed by atoms with E-state index in [1.807, 2.05) is 12.3 Å². The van der Waals surface area contributed by atoms with E-state index in [1.54, 1.807) is 6.07 Å². The van der Waals surface area contributed by atoms with Crippen LogP contribution in [0.5, 0.6) is 0 Å². The van der Waals surface area contributed by atoms with Crippen molar-refractivity contribution >= 4 is 33.4 Å². The molecule has 1 N–H and O–H groups in total. The molecule has 0 saturated carbocycles. The highest BCUT2D eigenvalue weighted by Crippen LogP contribution is 2.38. The highest BCUT2D eigenvalue weighted by molar-refractivity contribution is 7.17. The lowest BCUT2D eigenvalue weighted by Crippen LogP contribution is -2.30. The zero-order valence-electron chi connectivity index (χ0n) is 14.2. The Morgan fingerprint density at radius 1 is 1.26 bits per heavy atom. The predicted molar refractivity (Wildman–Crippen MR) is 96.3 cm³/mol. The van der Waals surface area contributed by atoms with E-state index in [2.05, 4.69) is 20.8 Å². The van der Waals surface area contributed by atoms with Gasteiger partial charge in [0.1, 0.15) is 5.82 Å². The number of carbonyl (C=O) groups is 1. The number of hydrogen-bond donors (Lipinski definition) is 1. The summed E-state index contributed by atoms with van der Waals surface area (Å²) in [6, 6.07) is 4.58. The number of Topliss-reactive ketones (excluding diaryl/α,β-unsaturated/α-hetero) is 1. The summed E-state index contributed by atoms with van der Waals surface area (Å²) in [5, 5.41) is 9.99. The maximum absolute atomic E-state index is 13.6. The minimum absolute atomic E-state index is 0.0158. The average molecular weight is 333 g/mol. The number of rotatable bonds is 6. The molecule has 1 aromatic heterocycles. The number of fused-ring (bicyclic) bond motifs is 1. The van der Waals surface area contributed by atoms with Gasteiger partial charge in [-0.3, -0.25) is 4.79 Å². The van der Waals surface area contributed by atoms with E-state index in [0.717, 1.165) is 17.5 Å². The molecule has 2 rings (SSSR count). The molecule has 0 saturated heterocycles. The fourth-order valence-corrected chi connectivity index (χ4v) is 3.61. The van der Waals surface area contributed by atoms with E-state index in [1.165, 1.54) is 29.7 Å². The van der Waals surface area contributed by atoms with Gasteiger partial charge in [0.2, 0.25) is 0 Å². The molecular weight excluding hydrogens is 309 g/mol. The van der Waals surface area contributed by atoms with E-state index in [4.69, 9.17) is 5.41 Å². The second-order valence-corrected chi connectivity index (χ2v) is 8.56. The largest absolute Gasteiger partial charge is 0.313 e. The number of ketones is 1. The van der Waals surface area contributed by atoms with Crippen LogP contribution >= 0.6 is 11.3 Å². The van der Waals surface area contributed by atoms with Gasteiger partial charge in [-0.05, 0) is 49.1 Å². The molecule has 0 aliphatic rings. The van der Waals surface area contributed by atoms with Crippen molar-refractivity contribution in [1.29, 1.82) is 5.41 Å². The van der Waals surface area contributed by atoms with Crippen LogP contribution in [-0.4, -0.2) is 12.0 Å². The molecule has 1 atom stereocenters. The number of thiophene rings is 1. The lowest BCUT2D eigenvalue weighted by Gasteiger charge is -2.30. The summed E-state index contributed by atoms with van der Waals surface area (Å²) in [6.45, 7) is 8.38. The number of benzene rings is 1. The molecule has 0 fully saturated rings. The third-order valence-electron chi connectivity index (χ3n) is 4.31. The Balaban J connectivity index is 2.39. The first-order valence-corrected chi connectivity index (χ1v) is 8.75. The van der Waals surface area contributed by atoms with Crippen molar-refractivity contribution in [2.75, 3.05) is 0 Å². The van der Waals surface area contributed by atoms with Gasteiger partial charge in [0, 0.05) is 26.4 Å². The van der Waals surface area contributed by atoms with Crippen LogP contribution in [-0.2, 0) is 0 Å². The third kappa shape index (κ3) is 4.05. The fourth-order valence-electron chi connectivity index (χ4n) is 2.69. The van der Waals surface area contributed by atoms with Crippen LogP contribution < -0.4 is 0 Å². The molecule has 0 aliphatic heterocycles. The highest BCUT2D eigenvalue weighted by atomic mass is 32.1. The summed E-state index contributed by atoms with van der Waals surface area (Å²) in [6.07, 6.45) is 3.35. The van der Waals surface area contributed by atoms with E-state index in [-0.39, 0.29) is 17.0 Å². The first-order valence-electron chi connectivity index (χ1n) is 7.87. The zero-order valence-corrected chi connectivity index (χ0v) is 15.0. The predicted octanol–water partition coefficient (Wildman–Crippen LogP) is 6.10. The van der Waals surface area contributed by atoms with Gasteiger partial charge >= 0.3 is 0 Å². The Labute approximate surface area is 141 Å². The number of carbonyl (C=O) groups excluding carboxylic acids is 1. The van der Waals surface area contributed by atoms with Crippen LogP contribution in [0.1, 0.15) is 57.3 Å². The molecule has 1 heterocycles. The Kier molecular flexibility index (Phi) is 5.04. The number of halogens is 1. The van der Waals surface area contributed by atoms with Crippen molar-refractivity contribution < 1.29 is 9.18 Å². The maximum atomic E-state index is 13.6. The van der Waals surface area contributed by atoms with E-state index >= 15 is 0 Å². The quantitative estimate of drug-likeness (QED) is 0.504. The SMILES string of the molecule is CC(C)(C)CCC(C)(CC=N)C(=O)c1csc2ccc(F)cc12. The Morgan fingerprint density at radius 3 is 2.57 bits per heavy atom. The van der Waals surface area contributed by atoms with Crippen LogP contribution in [0.15, 0.2) is 23.6 Å². The third-order valence-corrected chi connectivity index (χ3v) is 5.27. The Bertz CT molecular complexity index is 729. The van der Waals surface area contributed by atoms with Gasteiger partial charge < -0.3 is 5.41 Å². The Morgan fingerprint density at radius 2 is 1.96 bits per heavy atom. The lowest BCUT2D eigenvalue weighted by atomic mass is 9.72. The summed E-state index contributed by atoms with van der Waals surface area (Å²) in [5.74, 6) is -0.310. The fraction of sp³-hybridized carbons (Fsp3) is 0.474. The van der Waals surface area contributed by atoms with Gasteiger partial charge in [0.05, 0.1) is 0 Å². The van der Waals surface area contributed by atoms with E-state index in [0.29, 0.717) is 17.4 Å². The monoisotopic (exact) mass is 333 g/mol. The molecule has 0 aliphatic carbocycles. The summed E-state index contributed by atoms with van der Waals surface area (Å²) in [4.78, 5) is 13.1. The van der Waals surface area contributed by atoms with Gasteiger partial charge in [0.15, 0.2) is 5.78 Å². The summed E-state index contributed by atoms with van der Waals surface area (Å²) < 4.78 is 14.5. The molecule has 124 valence electrons. The molecule has 1 aromatic carbocycles. The average Bonchev–Trinajstić information content (AvgIpc) is 2.87. The minimum Gasteiger partial charge on any atom is -0.313 e. The highest BCUT2D eigenvalue weighted by Gasteiger charge is 2.35. The van der Waals surface area contributed by atoms with Gasteiger partial charge in [-0.15, -0.1) is 11.3 Å². The molecule has 0 radical (unpaired) electrons. The molecule has 0 spiro atoms. The number of hydrogen-bond acceptors (Lipinski definition) is 3. The summed E-state index contributed by atoms with van der Waals surface area (Å²) >= 11 is 1.46. The summed E-state index contributed by atoms with van der Waals surface area (Å²) in [7, 11) is 0. The minimum atomic E-state index is -0.616. The molecule has 0 amide bonds. The van der Waals surface area contributed by atoms with Crippen LogP contribution in [0.4, 0.5) is 4.39 Å². The normalized spacial score (nSPS) is 14.7. The van der Waals surface area contributed by atoms with Crippen LogP contribution in [0, 0.1) is 22.1 Å². The first kappa shape index (κ1) is 17.8. The van der Waals surface area contributed by atoms with Gasteiger partial charge in [-0.2, -0.15) is 0 Å². The zero-order chi connectivity index (χ0) is 17.3. The van der Waals surface area contributed by atoms with Crippen molar-refractivity contribution in [3.63, 3.8) is 0 Å². The maximum Gasteiger partial charge on any atom is 0.170 e. The van der Waals surface area contributed by atoms with Crippen molar-refractivity contribution in [3.8, 4) is 0 Å². The van der Waals surface area contributed by atoms with Crippen molar-refractivity contribution in [3.05, 3.63) is 35.0 Å². The standard InChI is InChI=1S/C19H24FNOS/c1-18(2,3)7-8-19(4,9-10-21)17(22)15-12-23-16-6-5-13(20)11-14(15)16/h5-6,10-12,21H,7-9H2,1-4H3. The van der Waals surface area contributed by atoms with Gasteiger partial charge in [-0.25, -0.2) is 4.39 Å². The first-order chi connectivity index (χ1) is 10.7. The molecule has 0 bridgehead atoms. The molecule has 1 unspecified atom stereocenters. The molecule has 2 nitrogen and oxygen atoms in total. The van der Waals surface area contributed by atoms with Crippen LogP contribution in [0.2, 0.25) is 0 Å². The molecule has 4 heteroatoms. The van der Waals surface area contributed by atoms with E-state index < -0.39 is 5.41 Å². The second-order valence-electron chi connectivity index (χ2n) is 7.65. The lowest BCUT2D eigenvalue weighted by molar-refractivity contribution is 0.0796. The molecule has 23 heavy (non-hydrogen) atoms. The van der Waals surface area contributed by atoms with Gasteiger partial charge in [-0.1, -0.05) is 27.7 Å². The number of nitrogens with one attached hydrogen (secondary N) is 1. The van der Waals surface area contributed by atoms with Crippen LogP contribution in [0.25, 0.3) is 10.1 Å².